The molecule has 0 aromatic carbocycles. The van der Waals surface area contributed by atoms with E-state index in [9.17, 15) is 24.6 Å². The molecule has 4 aliphatic carbocycles. The summed E-state index contributed by atoms with van der Waals surface area (Å²) in [4.78, 5) is 38.7. The zero-order chi connectivity index (χ0) is 25.4. The lowest BCUT2D eigenvalue weighted by Crippen LogP contribution is -2.65. The summed E-state index contributed by atoms with van der Waals surface area (Å²) in [6.45, 7) is 12.3. The molecule has 34 heavy (non-hydrogen) atoms. The Balaban J connectivity index is 1.90. The van der Waals surface area contributed by atoms with Gasteiger partial charge in [0.1, 0.15) is 12.7 Å². The Morgan fingerprint density at radius 2 is 1.91 bits per heavy atom. The molecule has 186 valence electrons. The first-order valence-corrected chi connectivity index (χ1v) is 12.1. The van der Waals surface area contributed by atoms with E-state index >= 15 is 0 Å². The summed E-state index contributed by atoms with van der Waals surface area (Å²) < 4.78 is 11.0. The van der Waals surface area contributed by atoms with Gasteiger partial charge in [0.05, 0.1) is 5.41 Å². The van der Waals surface area contributed by atoms with E-state index in [1.165, 1.54) is 6.92 Å². The van der Waals surface area contributed by atoms with Gasteiger partial charge in [-0.1, -0.05) is 39.0 Å². The highest BCUT2D eigenvalue weighted by atomic mass is 16.6. The van der Waals surface area contributed by atoms with Crippen LogP contribution >= 0.6 is 0 Å². The normalized spacial score (nSPS) is 42.4. The monoisotopic (exact) mass is 472 g/mol. The Bertz CT molecular complexity index is 1030. The number of carbonyl (C=O) groups excluding carboxylic acids is 3. The highest BCUT2D eigenvalue weighted by Crippen LogP contribution is 2.71. The number of aliphatic hydroxyl groups is 2. The molecule has 2 N–H and O–H groups in total. The van der Waals surface area contributed by atoms with E-state index in [1.54, 1.807) is 39.0 Å². The van der Waals surface area contributed by atoms with E-state index in [4.69, 9.17) is 9.47 Å². The lowest BCUT2D eigenvalue weighted by molar-refractivity contribution is -0.201. The largest absolute Gasteiger partial charge is 0.461 e. The van der Waals surface area contributed by atoms with Crippen LogP contribution in [0.1, 0.15) is 54.9 Å². The van der Waals surface area contributed by atoms with Gasteiger partial charge in [-0.15, -0.1) is 0 Å². The summed E-state index contributed by atoms with van der Waals surface area (Å²) in [6.07, 6.45) is 2.96. The molecule has 0 aromatic heterocycles. The molecule has 4 rings (SSSR count). The van der Waals surface area contributed by atoms with Crippen molar-refractivity contribution in [3.63, 3.8) is 0 Å². The smallest absolute Gasteiger partial charge is 0.334 e. The summed E-state index contributed by atoms with van der Waals surface area (Å²) in [6, 6.07) is 0. The van der Waals surface area contributed by atoms with Gasteiger partial charge in [-0.3, -0.25) is 9.59 Å². The first-order chi connectivity index (χ1) is 15.7. The first-order valence-electron chi connectivity index (χ1n) is 12.1. The van der Waals surface area contributed by atoms with E-state index in [2.05, 4.69) is 13.8 Å². The van der Waals surface area contributed by atoms with Crippen molar-refractivity contribution in [2.24, 2.45) is 34.5 Å². The third kappa shape index (κ3) is 3.12. The summed E-state index contributed by atoms with van der Waals surface area (Å²) in [7, 11) is 0. The number of ketones is 1. The van der Waals surface area contributed by atoms with Crippen molar-refractivity contribution < 1.29 is 34.1 Å². The molecule has 2 fully saturated rings. The zero-order valence-electron chi connectivity index (χ0n) is 21.0. The van der Waals surface area contributed by atoms with Crippen LogP contribution in [0.25, 0.3) is 0 Å². The number of fused-ring (bicyclic) bond motifs is 3. The number of hydrogen-bond donors (Lipinski definition) is 2. The van der Waals surface area contributed by atoms with Crippen LogP contribution in [-0.4, -0.2) is 52.4 Å². The molecular formula is C27H36O7. The SMILES string of the molecule is C/C=C(/C)C(=O)O[C@H]1C(C)=C[C@@]23C(=O)[C@@H](C=C(COC(C)=O)[C@@H](O)[C@]12O)[C@H]1[C@@H](C[C@H]3C)C1(C)C. The number of ether oxygens (including phenoxy) is 2. The predicted octanol–water partition coefficient (Wildman–Crippen LogP) is 2.90. The summed E-state index contributed by atoms with van der Waals surface area (Å²) in [5.41, 5.74) is -2.47. The predicted molar refractivity (Wildman–Crippen MR) is 124 cm³/mol. The number of aliphatic hydroxyl groups excluding tert-OH is 1. The van der Waals surface area contributed by atoms with Crippen molar-refractivity contribution >= 4 is 17.7 Å². The van der Waals surface area contributed by atoms with Crippen molar-refractivity contribution in [3.8, 4) is 0 Å². The summed E-state index contributed by atoms with van der Waals surface area (Å²) in [5.74, 6) is -1.83. The molecule has 7 nitrogen and oxygen atoms in total. The third-order valence-corrected chi connectivity index (χ3v) is 9.14. The maximum atomic E-state index is 14.4. The molecule has 1 spiro atoms. The molecule has 2 saturated carbocycles. The fourth-order valence-corrected chi connectivity index (χ4v) is 7.08. The topological polar surface area (TPSA) is 110 Å². The second-order valence-electron chi connectivity index (χ2n) is 11.2. The molecule has 7 heteroatoms. The molecule has 8 atom stereocenters. The fraction of sp³-hybridized carbons (Fsp3) is 0.667. The minimum absolute atomic E-state index is 0.0566. The van der Waals surface area contributed by atoms with Crippen LogP contribution in [0.4, 0.5) is 0 Å². The molecular weight excluding hydrogens is 436 g/mol. The molecule has 0 aromatic rings. The van der Waals surface area contributed by atoms with Crippen LogP contribution in [-0.2, 0) is 23.9 Å². The van der Waals surface area contributed by atoms with Gasteiger partial charge in [0.25, 0.3) is 0 Å². The Morgan fingerprint density at radius 1 is 1.26 bits per heavy atom. The van der Waals surface area contributed by atoms with Gasteiger partial charge < -0.3 is 19.7 Å². The molecule has 0 amide bonds. The summed E-state index contributed by atoms with van der Waals surface area (Å²) in [5, 5.41) is 24.1. The average Bonchev–Trinajstić information content (AvgIpc) is 3.26. The number of esters is 2. The van der Waals surface area contributed by atoms with Crippen molar-refractivity contribution in [3.05, 3.63) is 34.9 Å². The van der Waals surface area contributed by atoms with Gasteiger partial charge in [-0.2, -0.15) is 0 Å². The van der Waals surface area contributed by atoms with Crippen LogP contribution in [0.3, 0.4) is 0 Å². The molecule has 2 bridgehead atoms. The molecule has 0 radical (unpaired) electrons. The van der Waals surface area contributed by atoms with Crippen LogP contribution < -0.4 is 0 Å². The van der Waals surface area contributed by atoms with E-state index in [0.717, 1.165) is 0 Å². The van der Waals surface area contributed by atoms with Gasteiger partial charge in [0, 0.05) is 18.4 Å². The standard InChI is InChI=1S/C27H36O7/c1-8-13(2)24(31)34-23-14(3)11-26-15(4)9-19-20(25(19,6)7)18(22(26)30)10-17(12-33-16(5)28)21(29)27(23,26)32/h8,10-11,15,18-21,23,29,32H,9,12H2,1-7H3/b13-8-/t15-,18+,19-,20+,21-,23+,26-,27+/m1/s1. The van der Waals surface area contributed by atoms with Gasteiger partial charge in [-0.05, 0) is 61.5 Å². The van der Waals surface area contributed by atoms with Gasteiger partial charge in [0.2, 0.25) is 0 Å². The number of Topliss-reactive ketones (excluding diaryl/α,β-unsaturated/α-hetero) is 1. The molecule has 0 saturated heterocycles. The minimum atomic E-state index is -2.13. The number of hydrogen-bond acceptors (Lipinski definition) is 7. The van der Waals surface area contributed by atoms with Crippen LogP contribution in [0.15, 0.2) is 34.9 Å². The van der Waals surface area contributed by atoms with Gasteiger partial charge in [-0.25, -0.2) is 4.79 Å². The third-order valence-electron chi connectivity index (χ3n) is 9.14. The van der Waals surface area contributed by atoms with Crippen LogP contribution in [0.2, 0.25) is 0 Å². The summed E-state index contributed by atoms with van der Waals surface area (Å²) >= 11 is 0. The lowest BCUT2D eigenvalue weighted by Gasteiger charge is -2.48. The van der Waals surface area contributed by atoms with Gasteiger partial charge >= 0.3 is 11.9 Å². The van der Waals surface area contributed by atoms with Crippen molar-refractivity contribution in [1.82, 2.24) is 0 Å². The van der Waals surface area contributed by atoms with E-state index < -0.39 is 41.1 Å². The fourth-order valence-electron chi connectivity index (χ4n) is 7.08. The molecule has 4 aliphatic rings. The Kier molecular flexibility index (Phi) is 5.77. The average molecular weight is 473 g/mol. The molecule has 0 heterocycles. The highest BCUT2D eigenvalue weighted by molar-refractivity contribution is 5.96. The lowest BCUT2D eigenvalue weighted by atomic mass is 9.59. The zero-order valence-corrected chi connectivity index (χ0v) is 21.0. The highest BCUT2D eigenvalue weighted by Gasteiger charge is 2.76. The first kappa shape index (κ1) is 24.9. The molecule has 0 unspecified atom stereocenters. The number of rotatable bonds is 4. The Hall–Kier alpha value is -2.25. The minimum Gasteiger partial charge on any atom is -0.461 e. The van der Waals surface area contributed by atoms with E-state index in [1.807, 2.05) is 6.92 Å². The van der Waals surface area contributed by atoms with Crippen molar-refractivity contribution in [2.75, 3.05) is 6.61 Å². The van der Waals surface area contributed by atoms with Crippen molar-refractivity contribution in [1.29, 1.82) is 0 Å². The van der Waals surface area contributed by atoms with E-state index in [-0.39, 0.29) is 41.1 Å². The number of allylic oxidation sites excluding steroid dienone is 2. The molecule has 0 aliphatic heterocycles. The maximum absolute atomic E-state index is 14.4. The van der Waals surface area contributed by atoms with E-state index in [0.29, 0.717) is 17.6 Å². The maximum Gasteiger partial charge on any atom is 0.334 e. The van der Waals surface area contributed by atoms with Gasteiger partial charge in [0.15, 0.2) is 17.5 Å². The second-order valence-corrected chi connectivity index (χ2v) is 11.2. The quantitative estimate of drug-likeness (QED) is 0.368. The Labute approximate surface area is 200 Å². The van der Waals surface area contributed by atoms with Crippen LogP contribution in [0.5, 0.6) is 0 Å². The Morgan fingerprint density at radius 3 is 2.50 bits per heavy atom. The van der Waals surface area contributed by atoms with Crippen LogP contribution in [0, 0.1) is 34.5 Å². The number of carbonyl (C=O) groups is 3. The second kappa shape index (κ2) is 7.89. The van der Waals surface area contributed by atoms with Crippen molar-refractivity contribution in [2.45, 2.75) is 72.7 Å².